The van der Waals surface area contributed by atoms with E-state index in [1.807, 2.05) is 17.0 Å². The van der Waals surface area contributed by atoms with E-state index < -0.39 is 21.8 Å². The van der Waals surface area contributed by atoms with Crippen LogP contribution in [0.5, 0.6) is 0 Å². The zero-order valence-corrected chi connectivity index (χ0v) is 17.8. The fraction of sp³-hybridized carbons (Fsp3) is 0.474. The number of rotatable bonds is 7. The van der Waals surface area contributed by atoms with Crippen molar-refractivity contribution in [1.82, 2.24) is 24.7 Å². The minimum absolute atomic E-state index is 0.222. The van der Waals surface area contributed by atoms with Gasteiger partial charge in [-0.25, -0.2) is 23.9 Å². The van der Waals surface area contributed by atoms with Crippen molar-refractivity contribution in [3.8, 4) is 11.1 Å². The first-order chi connectivity index (χ1) is 14.3. The highest BCUT2D eigenvalue weighted by molar-refractivity contribution is 7.89. The number of hydrogen-bond donors (Lipinski definition) is 2. The summed E-state index contributed by atoms with van der Waals surface area (Å²) in [6.45, 7) is 4.96. The third-order valence-electron chi connectivity index (χ3n) is 5.19. The number of aromatic nitrogens is 3. The Bertz CT molecular complexity index is 945. The Hall–Kier alpha value is -2.63. The number of nitrogens with zero attached hydrogens (tertiary/aromatic N) is 5. The molecule has 0 spiro atoms. The number of sulfonamides is 1. The quantitative estimate of drug-likeness (QED) is 0.483. The number of anilines is 1. The normalized spacial score (nSPS) is 16.5. The summed E-state index contributed by atoms with van der Waals surface area (Å²) in [5, 5.41) is 8.88. The molecule has 1 aliphatic rings. The van der Waals surface area contributed by atoms with E-state index in [0.717, 1.165) is 11.1 Å². The third kappa shape index (κ3) is 5.10. The largest absolute Gasteiger partial charge is 0.338 e. The van der Waals surface area contributed by atoms with Crippen molar-refractivity contribution < 1.29 is 18.4 Å². The van der Waals surface area contributed by atoms with Gasteiger partial charge in [0, 0.05) is 62.1 Å². The summed E-state index contributed by atoms with van der Waals surface area (Å²) >= 11 is 0. The summed E-state index contributed by atoms with van der Waals surface area (Å²) in [5.41, 5.74) is 3.35. The summed E-state index contributed by atoms with van der Waals surface area (Å²) in [7, 11) is -3.64. The van der Waals surface area contributed by atoms with E-state index >= 15 is 0 Å². The molecule has 1 amide bonds. The van der Waals surface area contributed by atoms with Gasteiger partial charge in [0.1, 0.15) is 0 Å². The first-order valence-electron chi connectivity index (χ1n) is 9.71. The predicted octanol–water partition coefficient (Wildman–Crippen LogP) is 0.768. The Labute approximate surface area is 176 Å². The number of hydroxylamine groups is 1. The number of carbonyl (C=O) groups is 1. The highest BCUT2D eigenvalue weighted by Gasteiger charge is 2.34. The Balaban J connectivity index is 1.62. The lowest BCUT2D eigenvalue weighted by Crippen LogP contribution is -2.51. The number of hydrogen-bond acceptors (Lipinski definition) is 8. The van der Waals surface area contributed by atoms with Crippen molar-refractivity contribution in [2.45, 2.75) is 13.8 Å². The third-order valence-corrected chi connectivity index (χ3v) is 7.12. The van der Waals surface area contributed by atoms with Gasteiger partial charge in [0.25, 0.3) is 0 Å². The second-order valence-corrected chi connectivity index (χ2v) is 9.52. The molecular formula is C19H26N6O4S. The average Bonchev–Trinajstić information content (AvgIpc) is 2.77. The highest BCUT2D eigenvalue weighted by Crippen LogP contribution is 2.21. The number of piperazine rings is 1. The van der Waals surface area contributed by atoms with E-state index in [4.69, 9.17) is 5.21 Å². The summed E-state index contributed by atoms with van der Waals surface area (Å²) in [5.74, 6) is -1.53. The van der Waals surface area contributed by atoms with E-state index in [-0.39, 0.29) is 24.8 Å². The van der Waals surface area contributed by atoms with Crippen LogP contribution in [-0.4, -0.2) is 70.7 Å². The summed E-state index contributed by atoms with van der Waals surface area (Å²) in [4.78, 5) is 26.6. The van der Waals surface area contributed by atoms with Crippen molar-refractivity contribution in [2.24, 2.45) is 11.8 Å². The maximum absolute atomic E-state index is 12.8. The Kier molecular flexibility index (Phi) is 6.95. The van der Waals surface area contributed by atoms with Gasteiger partial charge in [-0.2, -0.15) is 4.31 Å². The number of amides is 1. The lowest BCUT2D eigenvalue weighted by Gasteiger charge is -2.34. The molecule has 0 aromatic carbocycles. The van der Waals surface area contributed by atoms with Crippen LogP contribution in [0.15, 0.2) is 36.9 Å². The summed E-state index contributed by atoms with van der Waals surface area (Å²) in [6.07, 6.45) is 6.89. The van der Waals surface area contributed by atoms with Gasteiger partial charge in [-0.15, -0.1) is 0 Å². The molecule has 3 rings (SSSR count). The maximum Gasteiger partial charge on any atom is 0.247 e. The standard InChI is InChI=1S/C19H26N6O4S/c1-14(2)17(18(26)23-27)13-30(28,29)25-8-6-24(7-9-25)19-21-11-16(12-22-19)15-4-3-5-20-10-15/h3-5,10-12,14,17,27H,6-9,13H2,1-2H3,(H,23,26)/t17-/m1/s1. The molecule has 11 heteroatoms. The minimum Gasteiger partial charge on any atom is -0.338 e. The van der Waals surface area contributed by atoms with E-state index in [1.54, 1.807) is 44.1 Å². The number of nitrogens with one attached hydrogen (secondary N) is 1. The monoisotopic (exact) mass is 434 g/mol. The van der Waals surface area contributed by atoms with Crippen molar-refractivity contribution >= 4 is 21.9 Å². The molecule has 2 aromatic rings. The van der Waals surface area contributed by atoms with Gasteiger partial charge in [0.2, 0.25) is 21.9 Å². The van der Waals surface area contributed by atoms with Crippen LogP contribution in [0.3, 0.4) is 0 Å². The van der Waals surface area contributed by atoms with Gasteiger partial charge in [0.05, 0.1) is 11.7 Å². The van der Waals surface area contributed by atoms with Gasteiger partial charge in [0.15, 0.2) is 0 Å². The summed E-state index contributed by atoms with van der Waals surface area (Å²) < 4.78 is 26.9. The van der Waals surface area contributed by atoms with Gasteiger partial charge in [-0.1, -0.05) is 19.9 Å². The molecule has 1 saturated heterocycles. The van der Waals surface area contributed by atoms with E-state index in [2.05, 4.69) is 15.0 Å². The first kappa shape index (κ1) is 22.1. The number of pyridine rings is 1. The van der Waals surface area contributed by atoms with Crippen LogP contribution >= 0.6 is 0 Å². The van der Waals surface area contributed by atoms with Gasteiger partial charge < -0.3 is 4.90 Å². The minimum atomic E-state index is -3.64. The average molecular weight is 435 g/mol. The highest BCUT2D eigenvalue weighted by atomic mass is 32.2. The fourth-order valence-corrected chi connectivity index (χ4v) is 5.24. The lowest BCUT2D eigenvalue weighted by molar-refractivity contribution is -0.134. The molecule has 162 valence electrons. The van der Waals surface area contributed by atoms with Crippen LogP contribution in [0, 0.1) is 11.8 Å². The molecule has 1 aliphatic heterocycles. The van der Waals surface area contributed by atoms with Gasteiger partial charge in [-0.3, -0.25) is 15.0 Å². The van der Waals surface area contributed by atoms with Crippen molar-refractivity contribution in [2.75, 3.05) is 36.8 Å². The van der Waals surface area contributed by atoms with Crippen molar-refractivity contribution in [3.63, 3.8) is 0 Å². The van der Waals surface area contributed by atoms with Gasteiger partial charge in [-0.05, 0) is 12.0 Å². The molecular weight excluding hydrogens is 408 g/mol. The van der Waals surface area contributed by atoms with Gasteiger partial charge >= 0.3 is 0 Å². The molecule has 2 N–H and O–H groups in total. The lowest BCUT2D eigenvalue weighted by atomic mass is 9.97. The van der Waals surface area contributed by atoms with Crippen LogP contribution < -0.4 is 10.4 Å². The topological polar surface area (TPSA) is 129 Å². The number of carbonyl (C=O) groups excluding carboxylic acids is 1. The molecule has 1 fully saturated rings. The Morgan fingerprint density at radius 2 is 1.80 bits per heavy atom. The molecule has 10 nitrogen and oxygen atoms in total. The molecule has 0 saturated carbocycles. The van der Waals surface area contributed by atoms with Crippen molar-refractivity contribution in [1.29, 1.82) is 0 Å². The summed E-state index contributed by atoms with van der Waals surface area (Å²) in [6, 6.07) is 3.77. The smallest absolute Gasteiger partial charge is 0.247 e. The molecule has 2 aromatic heterocycles. The predicted molar refractivity (Wildman–Crippen MR) is 111 cm³/mol. The molecule has 0 aliphatic carbocycles. The van der Waals surface area contributed by atoms with E-state index in [0.29, 0.717) is 19.0 Å². The zero-order valence-electron chi connectivity index (χ0n) is 17.0. The molecule has 0 radical (unpaired) electrons. The Morgan fingerprint density at radius 3 is 2.33 bits per heavy atom. The van der Waals surface area contributed by atoms with E-state index in [9.17, 15) is 13.2 Å². The molecule has 30 heavy (non-hydrogen) atoms. The van der Waals surface area contributed by atoms with Crippen LogP contribution in [0.4, 0.5) is 5.95 Å². The zero-order chi connectivity index (χ0) is 21.7. The van der Waals surface area contributed by atoms with Crippen LogP contribution in [0.2, 0.25) is 0 Å². The second-order valence-electron chi connectivity index (χ2n) is 7.50. The van der Waals surface area contributed by atoms with Crippen LogP contribution in [0.1, 0.15) is 13.8 Å². The maximum atomic E-state index is 12.8. The second kappa shape index (κ2) is 9.45. The van der Waals surface area contributed by atoms with Crippen LogP contribution in [-0.2, 0) is 14.8 Å². The van der Waals surface area contributed by atoms with Crippen molar-refractivity contribution in [3.05, 3.63) is 36.9 Å². The fourth-order valence-electron chi connectivity index (χ4n) is 3.32. The molecule has 1 atom stereocenters. The van der Waals surface area contributed by atoms with E-state index in [1.165, 1.54) is 4.31 Å². The molecule has 0 bridgehead atoms. The molecule has 3 heterocycles. The first-order valence-corrected chi connectivity index (χ1v) is 11.3. The molecule has 0 unspecified atom stereocenters. The van der Waals surface area contributed by atoms with Crippen LogP contribution in [0.25, 0.3) is 11.1 Å². The Morgan fingerprint density at radius 1 is 1.13 bits per heavy atom. The SMILES string of the molecule is CC(C)[C@@H](CS(=O)(=O)N1CCN(c2ncc(-c3cccnc3)cn2)CC1)C(=O)NO.